The summed E-state index contributed by atoms with van der Waals surface area (Å²) in [6.45, 7) is 4.55. The Morgan fingerprint density at radius 2 is 2.04 bits per heavy atom. The summed E-state index contributed by atoms with van der Waals surface area (Å²) in [5.41, 5.74) is 1.98. The maximum absolute atomic E-state index is 12.8. The molecule has 1 unspecified atom stereocenters. The van der Waals surface area contributed by atoms with Gasteiger partial charge in [0.1, 0.15) is 6.54 Å². The molecule has 0 radical (unpaired) electrons. The van der Waals surface area contributed by atoms with Gasteiger partial charge in [-0.15, -0.1) is 10.2 Å². The third kappa shape index (κ3) is 4.91. The molecule has 0 N–H and O–H groups in total. The fourth-order valence-corrected chi connectivity index (χ4v) is 4.93. The van der Waals surface area contributed by atoms with Gasteiger partial charge in [0.05, 0.1) is 11.5 Å². The third-order valence-electron chi connectivity index (χ3n) is 4.76. The third-order valence-corrected chi connectivity index (χ3v) is 6.51. The Labute approximate surface area is 159 Å². The zero-order chi connectivity index (χ0) is 19.4. The van der Waals surface area contributed by atoms with Crippen LogP contribution in [0.2, 0.25) is 0 Å². The molecule has 1 aliphatic heterocycles. The first kappa shape index (κ1) is 19.5. The van der Waals surface area contributed by atoms with Gasteiger partial charge < -0.3 is 4.90 Å². The largest absolute Gasteiger partial charge is 0.337 e. The predicted molar refractivity (Wildman–Crippen MR) is 102 cm³/mol. The monoisotopic (exact) mass is 391 g/mol. The average Bonchev–Trinajstić information content (AvgIpc) is 3.22. The molecule has 2 heterocycles. The molecule has 27 heavy (non-hydrogen) atoms. The van der Waals surface area contributed by atoms with E-state index in [1.165, 1.54) is 4.80 Å². The molecule has 1 atom stereocenters. The van der Waals surface area contributed by atoms with Crippen LogP contribution in [0.3, 0.4) is 0 Å². The van der Waals surface area contributed by atoms with E-state index in [0.717, 1.165) is 24.0 Å². The highest BCUT2D eigenvalue weighted by atomic mass is 32.2. The summed E-state index contributed by atoms with van der Waals surface area (Å²) in [5, 5.41) is 12.3. The number of carbonyl (C=O) groups excluding carboxylic acids is 1. The summed E-state index contributed by atoms with van der Waals surface area (Å²) < 4.78 is 23.6. The molecule has 0 aliphatic carbocycles. The van der Waals surface area contributed by atoms with Crippen molar-refractivity contribution < 1.29 is 13.2 Å². The number of benzene rings is 1. The summed E-state index contributed by atoms with van der Waals surface area (Å²) in [6.07, 6.45) is 2.27. The van der Waals surface area contributed by atoms with E-state index in [4.69, 9.17) is 0 Å². The highest BCUT2D eigenvalue weighted by Crippen LogP contribution is 2.19. The number of sulfone groups is 1. The number of carbonyl (C=O) groups is 1. The van der Waals surface area contributed by atoms with Gasteiger partial charge in [0, 0.05) is 18.2 Å². The Bertz CT molecular complexity index is 892. The Hall–Kier alpha value is -2.29. The highest BCUT2D eigenvalue weighted by Gasteiger charge is 2.34. The van der Waals surface area contributed by atoms with Crippen molar-refractivity contribution in [3.8, 4) is 11.4 Å². The number of aromatic nitrogens is 4. The van der Waals surface area contributed by atoms with Gasteiger partial charge in [0.15, 0.2) is 9.84 Å². The van der Waals surface area contributed by atoms with Crippen LogP contribution in [0.4, 0.5) is 0 Å². The summed E-state index contributed by atoms with van der Waals surface area (Å²) in [4.78, 5) is 15.8. The van der Waals surface area contributed by atoms with Crippen molar-refractivity contribution >= 4 is 15.7 Å². The molecule has 0 spiro atoms. The average molecular weight is 391 g/mol. The minimum absolute atomic E-state index is 0.0425. The SMILES string of the molecule is CCCCN(C(=O)Cn1nnc(-c2ccc(C)cc2)n1)C1CCS(=O)(=O)C1. The normalized spacial score (nSPS) is 18.5. The van der Waals surface area contributed by atoms with Crippen LogP contribution in [-0.4, -0.2) is 63.5 Å². The molecular formula is C18H25N5O3S. The Morgan fingerprint density at radius 3 is 2.67 bits per heavy atom. The Balaban J connectivity index is 1.71. The van der Waals surface area contributed by atoms with Crippen molar-refractivity contribution in [2.24, 2.45) is 0 Å². The van der Waals surface area contributed by atoms with Crippen molar-refractivity contribution in [1.82, 2.24) is 25.1 Å². The highest BCUT2D eigenvalue weighted by molar-refractivity contribution is 7.91. The second kappa shape index (κ2) is 8.16. The van der Waals surface area contributed by atoms with Crippen LogP contribution < -0.4 is 0 Å². The zero-order valence-electron chi connectivity index (χ0n) is 15.7. The van der Waals surface area contributed by atoms with Crippen LogP contribution in [0.1, 0.15) is 31.7 Å². The van der Waals surface area contributed by atoms with Crippen molar-refractivity contribution in [3.05, 3.63) is 29.8 Å². The number of rotatable bonds is 7. The molecule has 9 heteroatoms. The van der Waals surface area contributed by atoms with Crippen LogP contribution in [0.25, 0.3) is 11.4 Å². The molecule has 3 rings (SSSR count). The van der Waals surface area contributed by atoms with Gasteiger partial charge in [-0.3, -0.25) is 4.79 Å². The lowest BCUT2D eigenvalue weighted by Gasteiger charge is -2.28. The number of amides is 1. The molecule has 1 aliphatic rings. The second-order valence-electron chi connectivity index (χ2n) is 7.01. The summed E-state index contributed by atoms with van der Waals surface area (Å²) >= 11 is 0. The molecule has 1 fully saturated rings. The van der Waals surface area contributed by atoms with Gasteiger partial charge in [-0.2, -0.15) is 4.80 Å². The maximum Gasteiger partial charge on any atom is 0.246 e. The van der Waals surface area contributed by atoms with Crippen LogP contribution >= 0.6 is 0 Å². The molecule has 2 aromatic rings. The summed E-state index contributed by atoms with van der Waals surface area (Å²) in [7, 11) is -3.05. The lowest BCUT2D eigenvalue weighted by atomic mass is 10.1. The Kier molecular flexibility index (Phi) is 5.88. The van der Waals surface area contributed by atoms with E-state index < -0.39 is 9.84 Å². The minimum atomic E-state index is -3.05. The van der Waals surface area contributed by atoms with E-state index >= 15 is 0 Å². The maximum atomic E-state index is 12.8. The van der Waals surface area contributed by atoms with E-state index in [0.29, 0.717) is 18.8 Å². The molecule has 1 amide bonds. The fourth-order valence-electron chi connectivity index (χ4n) is 3.20. The van der Waals surface area contributed by atoms with E-state index in [-0.39, 0.29) is 30.0 Å². The van der Waals surface area contributed by atoms with Gasteiger partial charge in [-0.1, -0.05) is 43.2 Å². The first-order valence-corrected chi connectivity index (χ1v) is 11.0. The van der Waals surface area contributed by atoms with E-state index in [1.807, 2.05) is 38.1 Å². The smallest absolute Gasteiger partial charge is 0.246 e. The van der Waals surface area contributed by atoms with Crippen molar-refractivity contribution in [1.29, 1.82) is 0 Å². The molecule has 1 aromatic carbocycles. The van der Waals surface area contributed by atoms with Crippen LogP contribution in [0, 0.1) is 6.92 Å². The van der Waals surface area contributed by atoms with E-state index in [2.05, 4.69) is 15.4 Å². The predicted octanol–water partition coefficient (Wildman–Crippen LogP) is 1.46. The molecule has 1 aromatic heterocycles. The van der Waals surface area contributed by atoms with Crippen molar-refractivity contribution in [3.63, 3.8) is 0 Å². The number of aryl methyl sites for hydroxylation is 1. The topological polar surface area (TPSA) is 98.1 Å². The number of nitrogens with zero attached hydrogens (tertiary/aromatic N) is 5. The van der Waals surface area contributed by atoms with Gasteiger partial charge in [-0.05, 0) is 25.0 Å². The van der Waals surface area contributed by atoms with Gasteiger partial charge in [-0.25, -0.2) is 8.42 Å². The Morgan fingerprint density at radius 1 is 1.30 bits per heavy atom. The molecular weight excluding hydrogens is 366 g/mol. The number of unbranched alkanes of at least 4 members (excludes halogenated alkanes) is 1. The first-order chi connectivity index (χ1) is 12.9. The lowest BCUT2D eigenvalue weighted by molar-refractivity contribution is -0.134. The molecule has 0 saturated carbocycles. The van der Waals surface area contributed by atoms with Crippen molar-refractivity contribution in [2.75, 3.05) is 18.1 Å². The van der Waals surface area contributed by atoms with E-state index in [9.17, 15) is 13.2 Å². The zero-order valence-corrected chi connectivity index (χ0v) is 16.5. The fraction of sp³-hybridized carbons (Fsp3) is 0.556. The molecule has 1 saturated heterocycles. The van der Waals surface area contributed by atoms with Gasteiger partial charge in [0.2, 0.25) is 11.7 Å². The summed E-state index contributed by atoms with van der Waals surface area (Å²) in [6, 6.07) is 7.50. The van der Waals surface area contributed by atoms with Crippen LogP contribution in [-0.2, 0) is 21.2 Å². The quantitative estimate of drug-likeness (QED) is 0.709. The molecule has 146 valence electrons. The van der Waals surface area contributed by atoms with E-state index in [1.54, 1.807) is 4.90 Å². The first-order valence-electron chi connectivity index (χ1n) is 9.22. The van der Waals surface area contributed by atoms with Crippen molar-refractivity contribution in [2.45, 2.75) is 45.7 Å². The minimum Gasteiger partial charge on any atom is -0.337 e. The second-order valence-corrected chi connectivity index (χ2v) is 9.24. The van der Waals surface area contributed by atoms with Gasteiger partial charge >= 0.3 is 0 Å². The standard InChI is InChI=1S/C18H25N5O3S/c1-3-4-10-22(16-9-11-27(25,26)13-16)17(24)12-23-20-18(19-21-23)15-7-5-14(2)6-8-15/h5-8,16H,3-4,9-13H2,1-2H3. The van der Waals surface area contributed by atoms with Crippen LogP contribution in [0.15, 0.2) is 24.3 Å². The van der Waals surface area contributed by atoms with Gasteiger partial charge in [0.25, 0.3) is 0 Å². The lowest BCUT2D eigenvalue weighted by Crippen LogP contribution is -2.43. The number of hydrogen-bond acceptors (Lipinski definition) is 6. The number of tetrazole rings is 1. The van der Waals surface area contributed by atoms with Crippen LogP contribution in [0.5, 0.6) is 0 Å². The molecule has 0 bridgehead atoms. The summed E-state index contributed by atoms with van der Waals surface area (Å²) in [5.74, 6) is 0.485. The molecule has 8 nitrogen and oxygen atoms in total. The number of hydrogen-bond donors (Lipinski definition) is 0.